The number of piperidine rings is 1. The van der Waals surface area contributed by atoms with Gasteiger partial charge in [0.05, 0.1) is 10.9 Å². The van der Waals surface area contributed by atoms with E-state index in [4.69, 9.17) is 9.47 Å². The lowest BCUT2D eigenvalue weighted by molar-refractivity contribution is -0.126. The summed E-state index contributed by atoms with van der Waals surface area (Å²) in [5.41, 5.74) is 2.96. The topological polar surface area (TPSA) is 84.9 Å². The summed E-state index contributed by atoms with van der Waals surface area (Å²) < 4.78 is 38.7. The van der Waals surface area contributed by atoms with Gasteiger partial charge in [-0.15, -0.1) is 0 Å². The number of nitrogens with one attached hydrogen (secondary N) is 1. The molecule has 2 aromatic rings. The fraction of sp³-hybridized carbons (Fsp3) is 0.458. The largest absolute Gasteiger partial charge is 0.486 e. The van der Waals surface area contributed by atoms with Gasteiger partial charge in [-0.3, -0.25) is 4.79 Å². The highest BCUT2D eigenvalue weighted by molar-refractivity contribution is 7.89. The van der Waals surface area contributed by atoms with Crippen LogP contribution in [-0.4, -0.2) is 44.9 Å². The van der Waals surface area contributed by atoms with Crippen molar-refractivity contribution >= 4 is 15.9 Å². The van der Waals surface area contributed by atoms with Crippen LogP contribution in [0, 0.1) is 19.8 Å². The van der Waals surface area contributed by atoms with Crippen LogP contribution < -0.4 is 14.8 Å². The second-order valence-electron chi connectivity index (χ2n) is 8.56. The minimum Gasteiger partial charge on any atom is -0.486 e. The number of ether oxygens (including phenoxy) is 2. The van der Waals surface area contributed by atoms with Crippen molar-refractivity contribution in [3.63, 3.8) is 0 Å². The fourth-order valence-electron chi connectivity index (χ4n) is 4.13. The number of nitrogens with zero attached hydrogens (tertiary/aromatic N) is 1. The molecule has 32 heavy (non-hydrogen) atoms. The average molecular weight is 459 g/mol. The van der Waals surface area contributed by atoms with Crippen molar-refractivity contribution in [3.8, 4) is 11.5 Å². The predicted octanol–water partition coefficient (Wildman–Crippen LogP) is 3.35. The Morgan fingerprint density at radius 3 is 2.38 bits per heavy atom. The van der Waals surface area contributed by atoms with E-state index in [2.05, 4.69) is 5.32 Å². The molecule has 0 spiro atoms. The van der Waals surface area contributed by atoms with Gasteiger partial charge in [0.1, 0.15) is 13.2 Å². The van der Waals surface area contributed by atoms with Crippen molar-refractivity contribution in [2.75, 3.05) is 26.3 Å². The van der Waals surface area contributed by atoms with Gasteiger partial charge in [-0.25, -0.2) is 8.42 Å². The van der Waals surface area contributed by atoms with Crippen LogP contribution in [0.1, 0.15) is 42.5 Å². The lowest BCUT2D eigenvalue weighted by Crippen LogP contribution is -2.43. The van der Waals surface area contributed by atoms with Crippen LogP contribution >= 0.6 is 0 Å². The molecule has 2 heterocycles. The van der Waals surface area contributed by atoms with Gasteiger partial charge in [-0.2, -0.15) is 4.31 Å². The van der Waals surface area contributed by atoms with Crippen molar-refractivity contribution in [2.45, 2.75) is 44.6 Å². The Morgan fingerprint density at radius 2 is 1.69 bits per heavy atom. The van der Waals surface area contributed by atoms with E-state index >= 15 is 0 Å². The highest BCUT2D eigenvalue weighted by atomic mass is 32.2. The Labute approximate surface area is 189 Å². The summed E-state index contributed by atoms with van der Waals surface area (Å²) in [6.07, 6.45) is 1.01. The van der Waals surface area contributed by atoms with Crippen molar-refractivity contribution < 1.29 is 22.7 Å². The molecular weight excluding hydrogens is 428 g/mol. The van der Waals surface area contributed by atoms with Crippen LogP contribution in [0.25, 0.3) is 0 Å². The molecule has 0 unspecified atom stereocenters. The van der Waals surface area contributed by atoms with Crippen molar-refractivity contribution in [1.29, 1.82) is 0 Å². The van der Waals surface area contributed by atoms with E-state index in [0.717, 1.165) is 22.4 Å². The van der Waals surface area contributed by atoms with E-state index in [1.54, 1.807) is 12.1 Å². The molecule has 0 bridgehead atoms. The number of rotatable bonds is 5. The van der Waals surface area contributed by atoms with Gasteiger partial charge in [-0.05, 0) is 74.6 Å². The molecule has 0 radical (unpaired) electrons. The second-order valence-corrected chi connectivity index (χ2v) is 10.5. The number of carbonyl (C=O) groups excluding carboxylic acids is 1. The number of hydrogen-bond acceptors (Lipinski definition) is 5. The lowest BCUT2D eigenvalue weighted by atomic mass is 9.96. The quantitative estimate of drug-likeness (QED) is 0.743. The summed E-state index contributed by atoms with van der Waals surface area (Å²) in [4.78, 5) is 13.2. The molecule has 1 saturated heterocycles. The van der Waals surface area contributed by atoms with Crippen LogP contribution in [-0.2, 0) is 14.8 Å². The Balaban J connectivity index is 1.35. The zero-order chi connectivity index (χ0) is 22.9. The highest BCUT2D eigenvalue weighted by Gasteiger charge is 2.32. The van der Waals surface area contributed by atoms with E-state index in [1.165, 1.54) is 4.31 Å². The summed E-state index contributed by atoms with van der Waals surface area (Å²) >= 11 is 0. The summed E-state index contributed by atoms with van der Waals surface area (Å²) in [6.45, 7) is 7.53. The Bertz CT molecular complexity index is 1110. The molecule has 1 N–H and O–H groups in total. The standard InChI is InChI=1S/C24H30N2O5S/c1-16-4-6-21(14-17(16)2)32(28,29)26-10-8-19(9-11-26)24(27)25-18(3)20-5-7-22-23(15-20)31-13-12-30-22/h4-7,14-15,18-19H,8-13H2,1-3H3,(H,25,27)/t18-/m0/s1. The third kappa shape index (κ3) is 4.61. The van der Waals surface area contributed by atoms with E-state index < -0.39 is 10.0 Å². The van der Waals surface area contributed by atoms with Gasteiger partial charge in [0, 0.05) is 19.0 Å². The van der Waals surface area contributed by atoms with Crippen molar-refractivity contribution in [2.24, 2.45) is 5.92 Å². The Hall–Kier alpha value is -2.58. The van der Waals surface area contributed by atoms with E-state index in [1.807, 2.05) is 45.0 Å². The second kappa shape index (κ2) is 9.11. The van der Waals surface area contributed by atoms with Gasteiger partial charge in [0.2, 0.25) is 15.9 Å². The van der Waals surface area contributed by atoms with Gasteiger partial charge in [0.15, 0.2) is 11.5 Å². The molecule has 0 aliphatic carbocycles. The number of sulfonamides is 1. The molecule has 1 fully saturated rings. The maximum atomic E-state index is 13.0. The number of amides is 1. The monoisotopic (exact) mass is 458 g/mol. The first-order chi connectivity index (χ1) is 15.3. The number of benzene rings is 2. The number of fused-ring (bicyclic) bond motifs is 1. The van der Waals surface area contributed by atoms with Crippen LogP contribution in [0.4, 0.5) is 0 Å². The van der Waals surface area contributed by atoms with Crippen molar-refractivity contribution in [3.05, 3.63) is 53.1 Å². The van der Waals surface area contributed by atoms with Crippen LogP contribution in [0.15, 0.2) is 41.3 Å². The van der Waals surface area contributed by atoms with E-state index in [9.17, 15) is 13.2 Å². The molecule has 172 valence electrons. The molecule has 1 amide bonds. The van der Waals surface area contributed by atoms with Gasteiger partial charge in [-0.1, -0.05) is 12.1 Å². The van der Waals surface area contributed by atoms with Crippen molar-refractivity contribution in [1.82, 2.24) is 9.62 Å². The van der Waals surface area contributed by atoms with E-state index in [0.29, 0.717) is 49.8 Å². The number of carbonyl (C=O) groups is 1. The van der Waals surface area contributed by atoms with Crippen LogP contribution in [0.2, 0.25) is 0 Å². The smallest absolute Gasteiger partial charge is 0.243 e. The molecule has 2 aromatic carbocycles. The first kappa shape index (κ1) is 22.6. The first-order valence-electron chi connectivity index (χ1n) is 11.0. The maximum absolute atomic E-state index is 13.0. The number of aryl methyl sites for hydroxylation is 2. The summed E-state index contributed by atoms with van der Waals surface area (Å²) in [5, 5.41) is 3.07. The summed E-state index contributed by atoms with van der Waals surface area (Å²) in [6, 6.07) is 10.7. The first-order valence-corrected chi connectivity index (χ1v) is 12.5. The molecule has 1 atom stereocenters. The molecule has 7 nitrogen and oxygen atoms in total. The predicted molar refractivity (Wildman–Crippen MR) is 121 cm³/mol. The zero-order valence-electron chi connectivity index (χ0n) is 18.8. The average Bonchev–Trinajstić information content (AvgIpc) is 2.80. The molecule has 2 aliphatic rings. The Kier molecular flexibility index (Phi) is 6.44. The zero-order valence-corrected chi connectivity index (χ0v) is 19.6. The SMILES string of the molecule is Cc1ccc(S(=O)(=O)N2CCC(C(=O)N[C@@H](C)c3ccc4c(c3)OCCO4)CC2)cc1C. The van der Waals surface area contributed by atoms with Crippen LogP contribution in [0.3, 0.4) is 0 Å². The third-order valence-electron chi connectivity index (χ3n) is 6.37. The molecule has 8 heteroatoms. The minimum atomic E-state index is -3.55. The normalized spacial score (nSPS) is 18.2. The fourth-order valence-corrected chi connectivity index (χ4v) is 5.68. The minimum absolute atomic E-state index is 0.0457. The molecular formula is C24H30N2O5S. The summed E-state index contributed by atoms with van der Waals surface area (Å²) in [7, 11) is -3.55. The highest BCUT2D eigenvalue weighted by Crippen LogP contribution is 2.33. The van der Waals surface area contributed by atoms with Gasteiger partial charge in [0.25, 0.3) is 0 Å². The maximum Gasteiger partial charge on any atom is 0.243 e. The molecule has 0 aromatic heterocycles. The molecule has 4 rings (SSSR count). The van der Waals surface area contributed by atoms with Crippen LogP contribution in [0.5, 0.6) is 11.5 Å². The molecule has 2 aliphatic heterocycles. The number of hydrogen-bond donors (Lipinski definition) is 1. The lowest BCUT2D eigenvalue weighted by Gasteiger charge is -2.31. The van der Waals surface area contributed by atoms with Gasteiger partial charge >= 0.3 is 0 Å². The van der Waals surface area contributed by atoms with Gasteiger partial charge < -0.3 is 14.8 Å². The Morgan fingerprint density at radius 1 is 1.00 bits per heavy atom. The summed E-state index contributed by atoms with van der Waals surface area (Å²) in [5.74, 6) is 1.16. The molecule has 0 saturated carbocycles. The van der Waals surface area contributed by atoms with E-state index in [-0.39, 0.29) is 17.9 Å². The third-order valence-corrected chi connectivity index (χ3v) is 8.26.